The smallest absolute Gasteiger partial charge is 0.290 e. The van der Waals surface area contributed by atoms with Crippen LogP contribution in [0.4, 0.5) is 5.69 Å². The Morgan fingerprint density at radius 1 is 1.17 bits per heavy atom. The van der Waals surface area contributed by atoms with Crippen LogP contribution in [0, 0.1) is 6.92 Å². The van der Waals surface area contributed by atoms with Gasteiger partial charge in [0.2, 0.25) is 16.6 Å². The minimum atomic E-state index is -3.60. The van der Waals surface area contributed by atoms with Crippen molar-refractivity contribution < 1.29 is 22.6 Å². The predicted octanol–water partition coefficient (Wildman–Crippen LogP) is 1.19. The van der Waals surface area contributed by atoms with Gasteiger partial charge in [0.05, 0.1) is 4.90 Å². The van der Waals surface area contributed by atoms with Crippen molar-refractivity contribution in [2.24, 2.45) is 5.73 Å². The van der Waals surface area contributed by atoms with Crippen LogP contribution < -0.4 is 15.6 Å². The summed E-state index contributed by atoms with van der Waals surface area (Å²) in [4.78, 5) is 23.9. The van der Waals surface area contributed by atoms with E-state index >= 15 is 0 Å². The zero-order chi connectivity index (χ0) is 21.0. The average molecular weight is 418 g/mol. The molecule has 9 heteroatoms. The molecule has 29 heavy (non-hydrogen) atoms. The van der Waals surface area contributed by atoms with Crippen LogP contribution in [-0.2, 0) is 21.4 Å². The summed E-state index contributed by atoms with van der Waals surface area (Å²) in [7, 11) is -3.60. The summed E-state index contributed by atoms with van der Waals surface area (Å²) in [5, 5.41) is 2.72. The van der Waals surface area contributed by atoms with Gasteiger partial charge in [-0.05, 0) is 43.5 Å². The molecule has 0 unspecified atom stereocenters. The molecule has 2 aromatic rings. The Morgan fingerprint density at radius 3 is 2.59 bits per heavy atom. The Hall–Kier alpha value is -2.78. The second-order valence-electron chi connectivity index (χ2n) is 7.12. The second kappa shape index (κ2) is 8.71. The number of nitrogens with one attached hydrogen (secondary N) is 1. The molecule has 8 nitrogen and oxygen atoms in total. The molecular weight excluding hydrogens is 392 g/mol. The van der Waals surface area contributed by atoms with Crippen LogP contribution in [0.1, 0.15) is 35.2 Å². The number of carbonyl (C=O) groups excluding carboxylic acids is 2. The summed E-state index contributed by atoms with van der Waals surface area (Å²) < 4.78 is 29.1. The number of amides is 2. The zero-order valence-corrected chi connectivity index (χ0v) is 17.1. The standard InChI is InChI=1S/C20H24N4O4S/c1-15-7-8-17(12-18(15)29(27,28)24-10-3-2-4-11-24)22-19(25)14-23-9-5-6-16(13-23)20(21)26/h5-9,12-13H,2-4,10-11,14H2,1H3,(H2-,21,22,25,26)/p+1. The molecule has 2 heterocycles. The third-order valence-corrected chi connectivity index (χ3v) is 6.91. The van der Waals surface area contributed by atoms with Gasteiger partial charge in [-0.2, -0.15) is 8.87 Å². The highest BCUT2D eigenvalue weighted by atomic mass is 32.2. The van der Waals surface area contributed by atoms with E-state index in [0.717, 1.165) is 19.3 Å². The topological polar surface area (TPSA) is 113 Å². The quantitative estimate of drug-likeness (QED) is 0.688. The fraction of sp³-hybridized carbons (Fsp3) is 0.350. The molecule has 0 saturated carbocycles. The molecule has 3 N–H and O–H groups in total. The van der Waals surface area contributed by atoms with Crippen molar-refractivity contribution in [1.82, 2.24) is 4.31 Å². The molecule has 1 saturated heterocycles. The number of anilines is 1. The molecule has 1 aromatic heterocycles. The Labute approximate surface area is 170 Å². The molecule has 1 aliphatic rings. The maximum absolute atomic E-state index is 13.0. The molecule has 3 rings (SSSR count). The minimum Gasteiger partial charge on any atom is -0.365 e. The number of nitrogens with two attached hydrogens (primary N) is 1. The molecular formula is C20H25N4O4S+. The van der Waals surface area contributed by atoms with Crippen molar-refractivity contribution in [2.75, 3.05) is 18.4 Å². The summed E-state index contributed by atoms with van der Waals surface area (Å²) >= 11 is 0. The van der Waals surface area contributed by atoms with Crippen LogP contribution in [-0.4, -0.2) is 37.6 Å². The first-order valence-electron chi connectivity index (χ1n) is 9.47. The molecule has 0 radical (unpaired) electrons. The first-order chi connectivity index (χ1) is 13.8. The zero-order valence-electron chi connectivity index (χ0n) is 16.3. The Morgan fingerprint density at radius 2 is 1.90 bits per heavy atom. The Bertz CT molecular complexity index is 1030. The lowest BCUT2D eigenvalue weighted by Gasteiger charge is -2.26. The van der Waals surface area contributed by atoms with Crippen LogP contribution >= 0.6 is 0 Å². The normalized spacial score (nSPS) is 15.1. The Balaban J connectivity index is 1.76. The average Bonchev–Trinajstić information content (AvgIpc) is 2.70. The maximum Gasteiger partial charge on any atom is 0.290 e. The van der Waals surface area contributed by atoms with Gasteiger partial charge >= 0.3 is 0 Å². The van der Waals surface area contributed by atoms with E-state index in [-0.39, 0.29) is 17.3 Å². The number of hydrogen-bond acceptors (Lipinski definition) is 4. The van der Waals surface area contributed by atoms with Crippen LogP contribution in [0.5, 0.6) is 0 Å². The van der Waals surface area contributed by atoms with Crippen molar-refractivity contribution in [3.63, 3.8) is 0 Å². The number of benzene rings is 1. The highest BCUT2D eigenvalue weighted by molar-refractivity contribution is 7.89. The number of pyridine rings is 1. The number of rotatable bonds is 6. The summed E-state index contributed by atoms with van der Waals surface area (Å²) in [6, 6.07) is 8.05. The van der Waals surface area contributed by atoms with Gasteiger partial charge in [0.15, 0.2) is 12.4 Å². The van der Waals surface area contributed by atoms with Gasteiger partial charge in [0.1, 0.15) is 5.56 Å². The molecule has 0 atom stereocenters. The van der Waals surface area contributed by atoms with E-state index in [1.807, 2.05) is 0 Å². The number of nitrogens with zero attached hydrogens (tertiary/aromatic N) is 2. The number of piperidine rings is 1. The Kier molecular flexibility index (Phi) is 6.29. The van der Waals surface area contributed by atoms with Crippen LogP contribution in [0.25, 0.3) is 0 Å². The molecule has 1 aliphatic heterocycles. The summed E-state index contributed by atoms with van der Waals surface area (Å²) in [5.41, 5.74) is 6.59. The van der Waals surface area contributed by atoms with Crippen molar-refractivity contribution in [3.8, 4) is 0 Å². The van der Waals surface area contributed by atoms with Crippen LogP contribution in [0.3, 0.4) is 0 Å². The van der Waals surface area contributed by atoms with E-state index in [0.29, 0.717) is 29.9 Å². The van der Waals surface area contributed by atoms with Crippen LogP contribution in [0.15, 0.2) is 47.6 Å². The van der Waals surface area contributed by atoms with Gasteiger partial charge in [-0.25, -0.2) is 8.42 Å². The van der Waals surface area contributed by atoms with E-state index < -0.39 is 15.9 Å². The predicted molar refractivity (Wildman–Crippen MR) is 108 cm³/mol. The van der Waals surface area contributed by atoms with E-state index in [1.165, 1.54) is 21.1 Å². The molecule has 154 valence electrons. The lowest BCUT2D eigenvalue weighted by atomic mass is 10.2. The first-order valence-corrected chi connectivity index (χ1v) is 10.9. The number of hydrogen-bond donors (Lipinski definition) is 2. The highest BCUT2D eigenvalue weighted by Gasteiger charge is 2.27. The fourth-order valence-electron chi connectivity index (χ4n) is 3.33. The third kappa shape index (κ3) is 4.99. The number of aryl methyl sites for hydroxylation is 1. The van der Waals surface area contributed by atoms with Gasteiger partial charge in [-0.15, -0.1) is 0 Å². The highest BCUT2D eigenvalue weighted by Crippen LogP contribution is 2.26. The van der Waals surface area contributed by atoms with E-state index in [9.17, 15) is 18.0 Å². The van der Waals surface area contributed by atoms with Crippen molar-refractivity contribution in [2.45, 2.75) is 37.6 Å². The molecule has 0 spiro atoms. The number of sulfonamides is 1. The summed E-state index contributed by atoms with van der Waals surface area (Å²) in [6.45, 7) is 2.74. The summed E-state index contributed by atoms with van der Waals surface area (Å²) in [6.07, 6.45) is 5.89. The van der Waals surface area contributed by atoms with Gasteiger partial charge in [-0.3, -0.25) is 9.59 Å². The van der Waals surface area contributed by atoms with Gasteiger partial charge in [0, 0.05) is 24.8 Å². The van der Waals surface area contributed by atoms with Crippen LogP contribution in [0.2, 0.25) is 0 Å². The molecule has 2 amide bonds. The van der Waals surface area contributed by atoms with Crippen molar-refractivity contribution >= 4 is 27.5 Å². The van der Waals surface area contributed by atoms with E-state index in [2.05, 4.69) is 5.32 Å². The second-order valence-corrected chi connectivity index (χ2v) is 9.03. The number of primary amides is 1. The third-order valence-electron chi connectivity index (χ3n) is 4.87. The molecule has 0 aliphatic carbocycles. The maximum atomic E-state index is 13.0. The SMILES string of the molecule is Cc1ccc(NC(=O)C[n+]2cccc(C(N)=O)c2)cc1S(=O)(=O)N1CCCCC1. The summed E-state index contributed by atoms with van der Waals surface area (Å²) in [5.74, 6) is -0.923. The van der Waals surface area contributed by atoms with Crippen molar-refractivity contribution in [1.29, 1.82) is 0 Å². The van der Waals surface area contributed by atoms with Gasteiger partial charge in [-0.1, -0.05) is 12.5 Å². The molecule has 1 fully saturated rings. The van der Waals surface area contributed by atoms with Gasteiger partial charge < -0.3 is 11.1 Å². The van der Waals surface area contributed by atoms with E-state index in [4.69, 9.17) is 5.73 Å². The van der Waals surface area contributed by atoms with E-state index in [1.54, 1.807) is 37.4 Å². The lowest BCUT2D eigenvalue weighted by Crippen LogP contribution is -2.40. The number of carbonyl (C=O) groups is 2. The lowest BCUT2D eigenvalue weighted by molar-refractivity contribution is -0.684. The molecule has 0 bridgehead atoms. The number of aromatic nitrogens is 1. The monoisotopic (exact) mass is 417 g/mol. The fourth-order valence-corrected chi connectivity index (χ4v) is 5.10. The molecule has 1 aromatic carbocycles. The minimum absolute atomic E-state index is 0.0385. The van der Waals surface area contributed by atoms with Crippen molar-refractivity contribution in [3.05, 3.63) is 53.9 Å². The van der Waals surface area contributed by atoms with Gasteiger partial charge in [0.25, 0.3) is 11.8 Å². The first kappa shape index (κ1) is 20.9. The largest absolute Gasteiger partial charge is 0.365 e.